The van der Waals surface area contributed by atoms with Crippen LogP contribution in [0.4, 0.5) is 5.69 Å². The van der Waals surface area contributed by atoms with Gasteiger partial charge in [0.15, 0.2) is 9.84 Å². The molecule has 1 aromatic rings. The van der Waals surface area contributed by atoms with Crippen molar-refractivity contribution in [3.8, 4) is 5.75 Å². The smallest absolute Gasteiger partial charge is 0.152 e. The summed E-state index contributed by atoms with van der Waals surface area (Å²) in [7, 11) is -1.55. The summed E-state index contributed by atoms with van der Waals surface area (Å²) in [5.41, 5.74) is 6.22. The highest BCUT2D eigenvalue weighted by molar-refractivity contribution is 7.91. The summed E-state index contributed by atoms with van der Waals surface area (Å²) >= 11 is 0. The van der Waals surface area contributed by atoms with Crippen molar-refractivity contribution in [3.63, 3.8) is 0 Å². The fourth-order valence-electron chi connectivity index (χ4n) is 1.39. The number of hydrogen-bond acceptors (Lipinski definition) is 5. The van der Waals surface area contributed by atoms with E-state index in [4.69, 9.17) is 15.2 Å². The molecule has 0 atom stereocenters. The minimum Gasteiger partial charge on any atom is -0.493 e. The SMILES string of the molecule is COCCS(=O)(=O)CCCOc1cccc(N)c1. The van der Waals surface area contributed by atoms with E-state index in [-0.39, 0.29) is 18.1 Å². The van der Waals surface area contributed by atoms with Crippen LogP contribution in [0.1, 0.15) is 6.42 Å². The first-order valence-electron chi connectivity index (χ1n) is 5.71. The number of anilines is 1. The van der Waals surface area contributed by atoms with Crippen LogP contribution >= 0.6 is 0 Å². The molecule has 0 unspecified atom stereocenters. The lowest BCUT2D eigenvalue weighted by atomic mass is 10.3. The molecule has 0 aliphatic carbocycles. The maximum atomic E-state index is 11.5. The molecule has 1 rings (SSSR count). The Balaban J connectivity index is 2.26. The van der Waals surface area contributed by atoms with E-state index >= 15 is 0 Å². The van der Waals surface area contributed by atoms with E-state index in [1.54, 1.807) is 24.3 Å². The second-order valence-corrected chi connectivity index (χ2v) is 6.22. The summed E-state index contributed by atoms with van der Waals surface area (Å²) in [6.45, 7) is 0.591. The number of benzene rings is 1. The first kappa shape index (κ1) is 14.8. The van der Waals surface area contributed by atoms with E-state index in [0.29, 0.717) is 24.5 Å². The molecule has 0 heterocycles. The van der Waals surface area contributed by atoms with E-state index in [9.17, 15) is 8.42 Å². The predicted octanol–water partition coefficient (Wildman–Crippen LogP) is 1.10. The van der Waals surface area contributed by atoms with Crippen molar-refractivity contribution in [1.29, 1.82) is 0 Å². The molecule has 18 heavy (non-hydrogen) atoms. The van der Waals surface area contributed by atoms with Crippen LogP contribution in [0, 0.1) is 0 Å². The van der Waals surface area contributed by atoms with Crippen LogP contribution in [0.5, 0.6) is 5.75 Å². The van der Waals surface area contributed by atoms with Crippen LogP contribution in [-0.2, 0) is 14.6 Å². The quantitative estimate of drug-likeness (QED) is 0.567. The summed E-state index contributed by atoms with van der Waals surface area (Å²) in [5, 5.41) is 0. The van der Waals surface area contributed by atoms with Gasteiger partial charge in [-0.05, 0) is 18.6 Å². The third-order valence-electron chi connectivity index (χ3n) is 2.32. The minimum absolute atomic E-state index is 0.0573. The topological polar surface area (TPSA) is 78.6 Å². The Morgan fingerprint density at radius 1 is 1.22 bits per heavy atom. The fourth-order valence-corrected chi connectivity index (χ4v) is 2.57. The number of methoxy groups -OCH3 is 1. The van der Waals surface area contributed by atoms with Gasteiger partial charge in [-0.15, -0.1) is 0 Å². The lowest BCUT2D eigenvalue weighted by Crippen LogP contribution is -2.16. The molecule has 0 fully saturated rings. The van der Waals surface area contributed by atoms with Gasteiger partial charge in [0.25, 0.3) is 0 Å². The van der Waals surface area contributed by atoms with Gasteiger partial charge in [-0.3, -0.25) is 0 Å². The normalized spacial score (nSPS) is 11.4. The molecule has 0 amide bonds. The molecule has 0 radical (unpaired) electrons. The Labute approximate surface area is 108 Å². The lowest BCUT2D eigenvalue weighted by Gasteiger charge is -2.07. The Morgan fingerprint density at radius 2 is 2.00 bits per heavy atom. The van der Waals surface area contributed by atoms with Crippen LogP contribution in [0.15, 0.2) is 24.3 Å². The molecule has 102 valence electrons. The predicted molar refractivity (Wildman–Crippen MR) is 71.5 cm³/mol. The van der Waals surface area contributed by atoms with Gasteiger partial charge in [-0.1, -0.05) is 6.07 Å². The molecule has 0 saturated heterocycles. The molecule has 0 spiro atoms. The van der Waals surface area contributed by atoms with Gasteiger partial charge in [0.1, 0.15) is 5.75 Å². The van der Waals surface area contributed by atoms with Crippen molar-refractivity contribution in [2.45, 2.75) is 6.42 Å². The number of hydrogen-bond donors (Lipinski definition) is 1. The van der Waals surface area contributed by atoms with Gasteiger partial charge in [-0.2, -0.15) is 0 Å². The first-order chi connectivity index (χ1) is 8.53. The number of sulfone groups is 1. The summed E-state index contributed by atoms with van der Waals surface area (Å²) in [5.74, 6) is 0.824. The number of nitrogen functional groups attached to an aromatic ring is 1. The zero-order chi connectivity index (χ0) is 13.4. The second-order valence-electron chi connectivity index (χ2n) is 3.92. The minimum atomic E-state index is -3.04. The second kappa shape index (κ2) is 7.23. The highest BCUT2D eigenvalue weighted by Gasteiger charge is 2.09. The molecule has 0 saturated carbocycles. The van der Waals surface area contributed by atoms with E-state index < -0.39 is 9.84 Å². The number of rotatable bonds is 8. The van der Waals surface area contributed by atoms with Crippen LogP contribution in [0.3, 0.4) is 0 Å². The molecule has 0 aliphatic rings. The first-order valence-corrected chi connectivity index (χ1v) is 7.53. The molecule has 0 aliphatic heterocycles. The van der Waals surface area contributed by atoms with Gasteiger partial charge in [0, 0.05) is 18.9 Å². The lowest BCUT2D eigenvalue weighted by molar-refractivity contribution is 0.217. The van der Waals surface area contributed by atoms with E-state index in [2.05, 4.69) is 0 Å². The highest BCUT2D eigenvalue weighted by atomic mass is 32.2. The van der Waals surface area contributed by atoms with Crippen molar-refractivity contribution in [3.05, 3.63) is 24.3 Å². The largest absolute Gasteiger partial charge is 0.493 e. The summed E-state index contributed by atoms with van der Waals surface area (Å²) < 4.78 is 33.2. The molecule has 0 aromatic heterocycles. The molecular formula is C12H19NO4S. The van der Waals surface area contributed by atoms with Gasteiger partial charge >= 0.3 is 0 Å². The summed E-state index contributed by atoms with van der Waals surface area (Å²) in [6.07, 6.45) is 0.459. The Bertz CT molecular complexity index is 459. The standard InChI is InChI=1S/C12H19NO4S/c1-16-7-9-18(14,15)8-3-6-17-12-5-2-4-11(13)10-12/h2,4-5,10H,3,6-9,13H2,1H3. The Morgan fingerprint density at radius 3 is 2.67 bits per heavy atom. The average Bonchev–Trinajstić information content (AvgIpc) is 2.32. The van der Waals surface area contributed by atoms with Crippen LogP contribution in [0.25, 0.3) is 0 Å². The zero-order valence-corrected chi connectivity index (χ0v) is 11.3. The third-order valence-corrected chi connectivity index (χ3v) is 4.02. The van der Waals surface area contributed by atoms with E-state index in [1.807, 2.05) is 0 Å². The molecule has 0 bridgehead atoms. The monoisotopic (exact) mass is 273 g/mol. The maximum Gasteiger partial charge on any atom is 0.152 e. The fraction of sp³-hybridized carbons (Fsp3) is 0.500. The van der Waals surface area contributed by atoms with Gasteiger partial charge in [0.2, 0.25) is 0 Å². The molecule has 6 heteroatoms. The van der Waals surface area contributed by atoms with Crippen molar-refractivity contribution >= 4 is 15.5 Å². The van der Waals surface area contributed by atoms with Crippen molar-refractivity contribution in [2.24, 2.45) is 0 Å². The van der Waals surface area contributed by atoms with Crippen molar-refractivity contribution < 1.29 is 17.9 Å². The highest BCUT2D eigenvalue weighted by Crippen LogP contribution is 2.14. The van der Waals surface area contributed by atoms with E-state index in [1.165, 1.54) is 7.11 Å². The van der Waals surface area contributed by atoms with Crippen molar-refractivity contribution in [1.82, 2.24) is 0 Å². The molecular weight excluding hydrogens is 254 g/mol. The Kier molecular flexibility index (Phi) is 5.94. The van der Waals surface area contributed by atoms with Gasteiger partial charge in [0.05, 0.1) is 24.7 Å². The van der Waals surface area contributed by atoms with E-state index in [0.717, 1.165) is 0 Å². The number of nitrogens with two attached hydrogens (primary N) is 1. The van der Waals surface area contributed by atoms with Crippen LogP contribution in [0.2, 0.25) is 0 Å². The molecule has 1 aromatic carbocycles. The Hall–Kier alpha value is -1.27. The summed E-state index contributed by atoms with van der Waals surface area (Å²) in [4.78, 5) is 0. The zero-order valence-electron chi connectivity index (χ0n) is 10.5. The molecule has 5 nitrogen and oxygen atoms in total. The third kappa shape index (κ3) is 5.88. The van der Waals surface area contributed by atoms with Crippen LogP contribution in [-0.4, -0.2) is 40.2 Å². The van der Waals surface area contributed by atoms with Gasteiger partial charge < -0.3 is 15.2 Å². The average molecular weight is 273 g/mol. The molecule has 2 N–H and O–H groups in total. The maximum absolute atomic E-state index is 11.5. The summed E-state index contributed by atoms with van der Waals surface area (Å²) in [6, 6.07) is 7.05. The van der Waals surface area contributed by atoms with Gasteiger partial charge in [-0.25, -0.2) is 8.42 Å². The van der Waals surface area contributed by atoms with Crippen molar-refractivity contribution in [2.75, 3.05) is 37.6 Å². The number of ether oxygens (including phenoxy) is 2. The van der Waals surface area contributed by atoms with Crippen LogP contribution < -0.4 is 10.5 Å².